The quantitative estimate of drug-likeness (QED) is 0.746. The molecule has 2 amide bonds. The van der Waals surface area contributed by atoms with Crippen molar-refractivity contribution in [2.24, 2.45) is 5.73 Å². The Morgan fingerprint density at radius 1 is 1.20 bits per heavy atom. The van der Waals surface area contributed by atoms with E-state index in [-0.39, 0.29) is 18.6 Å². The number of carbonyl (C=O) groups is 2. The van der Waals surface area contributed by atoms with Gasteiger partial charge in [-0.15, -0.1) is 0 Å². The zero-order valence-corrected chi connectivity index (χ0v) is 14.5. The van der Waals surface area contributed by atoms with Gasteiger partial charge in [-0.25, -0.2) is 0 Å². The van der Waals surface area contributed by atoms with Crippen molar-refractivity contribution < 1.29 is 14.3 Å². The lowest BCUT2D eigenvalue weighted by Crippen LogP contribution is -2.24. The Morgan fingerprint density at radius 3 is 2.52 bits per heavy atom. The summed E-state index contributed by atoms with van der Waals surface area (Å²) in [5.41, 5.74) is 6.70. The number of amides is 2. The molecule has 1 atom stereocenters. The van der Waals surface area contributed by atoms with E-state index in [2.05, 4.69) is 5.32 Å². The van der Waals surface area contributed by atoms with E-state index < -0.39 is 5.91 Å². The molecule has 0 fully saturated rings. The first-order valence-electron chi connectivity index (χ1n) is 7.70. The topological polar surface area (TPSA) is 81.4 Å². The lowest BCUT2D eigenvalue weighted by molar-refractivity contribution is -0.120. The summed E-state index contributed by atoms with van der Waals surface area (Å²) in [7, 11) is 0. The molecule has 0 bridgehead atoms. The van der Waals surface area contributed by atoms with Crippen LogP contribution >= 0.6 is 11.6 Å². The summed E-state index contributed by atoms with van der Waals surface area (Å²) in [5.74, 6) is -0.220. The lowest BCUT2D eigenvalue weighted by Gasteiger charge is -2.14. The molecule has 25 heavy (non-hydrogen) atoms. The first-order valence-corrected chi connectivity index (χ1v) is 8.07. The molecule has 0 saturated heterocycles. The average molecular weight is 359 g/mol. The van der Waals surface area contributed by atoms with Crippen molar-refractivity contribution in [1.29, 1.82) is 0 Å². The van der Waals surface area contributed by atoms with Crippen molar-refractivity contribution >= 4 is 29.5 Å². The maximum atomic E-state index is 12.0. The van der Waals surface area contributed by atoms with Crippen LogP contribution in [-0.4, -0.2) is 18.4 Å². The number of hydrogen-bond donors (Lipinski definition) is 2. The number of hydrogen-bond acceptors (Lipinski definition) is 3. The van der Waals surface area contributed by atoms with Crippen LogP contribution in [0.25, 0.3) is 6.08 Å². The van der Waals surface area contributed by atoms with Crippen molar-refractivity contribution in [2.45, 2.75) is 13.0 Å². The van der Waals surface area contributed by atoms with E-state index in [4.69, 9.17) is 22.1 Å². The number of carbonyl (C=O) groups excluding carboxylic acids is 2. The fourth-order valence-electron chi connectivity index (χ4n) is 2.17. The molecule has 0 saturated carbocycles. The van der Waals surface area contributed by atoms with Gasteiger partial charge in [-0.2, -0.15) is 0 Å². The number of primary amides is 1. The van der Waals surface area contributed by atoms with Crippen LogP contribution in [0.2, 0.25) is 5.02 Å². The van der Waals surface area contributed by atoms with E-state index >= 15 is 0 Å². The third-order valence-corrected chi connectivity index (χ3v) is 3.76. The number of nitrogens with one attached hydrogen (secondary N) is 1. The third-order valence-electron chi connectivity index (χ3n) is 3.42. The molecule has 2 aromatic rings. The summed E-state index contributed by atoms with van der Waals surface area (Å²) in [6.07, 6.45) is 3.14. The van der Waals surface area contributed by atoms with Crippen LogP contribution in [0.3, 0.4) is 0 Å². The summed E-state index contributed by atoms with van der Waals surface area (Å²) in [4.78, 5) is 22.7. The van der Waals surface area contributed by atoms with Crippen molar-refractivity contribution in [2.75, 3.05) is 6.61 Å². The molecule has 5 nitrogen and oxygen atoms in total. The van der Waals surface area contributed by atoms with Gasteiger partial charge in [-0.1, -0.05) is 41.9 Å². The SMILES string of the molecule is CC(NC(=O)/C=C/c1ccc(OCC(N)=O)cc1)c1ccccc1Cl. The molecule has 2 rings (SSSR count). The van der Waals surface area contributed by atoms with Gasteiger partial charge in [0.2, 0.25) is 5.91 Å². The number of nitrogens with two attached hydrogens (primary N) is 1. The summed E-state index contributed by atoms with van der Waals surface area (Å²) >= 11 is 6.13. The Hall–Kier alpha value is -2.79. The molecule has 0 heterocycles. The highest BCUT2D eigenvalue weighted by Crippen LogP contribution is 2.22. The molecule has 6 heteroatoms. The normalized spacial score (nSPS) is 11.9. The molecular formula is C19H19ClN2O3. The molecule has 0 aliphatic rings. The maximum absolute atomic E-state index is 12.0. The van der Waals surface area contributed by atoms with Gasteiger partial charge in [0.1, 0.15) is 5.75 Å². The predicted molar refractivity (Wildman–Crippen MR) is 98.2 cm³/mol. The minimum atomic E-state index is -0.534. The van der Waals surface area contributed by atoms with Gasteiger partial charge in [-0.3, -0.25) is 9.59 Å². The van der Waals surface area contributed by atoms with Crippen LogP contribution in [0.5, 0.6) is 5.75 Å². The summed E-state index contributed by atoms with van der Waals surface area (Å²) in [5, 5.41) is 3.48. The summed E-state index contributed by atoms with van der Waals surface area (Å²) < 4.78 is 5.17. The van der Waals surface area contributed by atoms with Crippen LogP contribution in [0.4, 0.5) is 0 Å². The van der Waals surface area contributed by atoms with Crippen molar-refractivity contribution in [3.8, 4) is 5.75 Å². The van der Waals surface area contributed by atoms with E-state index in [9.17, 15) is 9.59 Å². The minimum Gasteiger partial charge on any atom is -0.484 e. The maximum Gasteiger partial charge on any atom is 0.255 e. The minimum absolute atomic E-state index is 0.169. The molecule has 0 aliphatic heterocycles. The van der Waals surface area contributed by atoms with Gasteiger partial charge in [-0.05, 0) is 42.3 Å². The first-order chi connectivity index (χ1) is 12.0. The molecule has 0 spiro atoms. The van der Waals surface area contributed by atoms with Crippen molar-refractivity contribution in [3.63, 3.8) is 0 Å². The average Bonchev–Trinajstić information content (AvgIpc) is 2.59. The smallest absolute Gasteiger partial charge is 0.255 e. The summed E-state index contributed by atoms with van der Waals surface area (Å²) in [6, 6.07) is 14.1. The largest absolute Gasteiger partial charge is 0.484 e. The van der Waals surface area contributed by atoms with E-state index in [0.717, 1.165) is 11.1 Å². The first kappa shape index (κ1) is 18.5. The van der Waals surface area contributed by atoms with Crippen LogP contribution in [0, 0.1) is 0 Å². The monoisotopic (exact) mass is 358 g/mol. The van der Waals surface area contributed by atoms with Gasteiger partial charge in [0.05, 0.1) is 6.04 Å². The highest BCUT2D eigenvalue weighted by atomic mass is 35.5. The number of halogens is 1. The molecule has 2 aromatic carbocycles. The molecule has 0 radical (unpaired) electrons. The molecule has 3 N–H and O–H groups in total. The predicted octanol–water partition coefficient (Wildman–Crippen LogP) is 3.09. The highest BCUT2D eigenvalue weighted by molar-refractivity contribution is 6.31. The van der Waals surface area contributed by atoms with E-state index in [1.54, 1.807) is 36.4 Å². The van der Waals surface area contributed by atoms with Gasteiger partial charge in [0, 0.05) is 11.1 Å². The zero-order valence-electron chi connectivity index (χ0n) is 13.7. The van der Waals surface area contributed by atoms with E-state index in [1.807, 2.05) is 25.1 Å². The molecular weight excluding hydrogens is 340 g/mol. The number of rotatable bonds is 7. The van der Waals surface area contributed by atoms with Gasteiger partial charge in [0.15, 0.2) is 6.61 Å². The van der Waals surface area contributed by atoms with E-state index in [1.165, 1.54) is 6.08 Å². The van der Waals surface area contributed by atoms with Crippen LogP contribution in [0.1, 0.15) is 24.1 Å². The van der Waals surface area contributed by atoms with Crippen LogP contribution < -0.4 is 15.8 Å². The fraction of sp³-hybridized carbons (Fsp3) is 0.158. The van der Waals surface area contributed by atoms with Gasteiger partial charge >= 0.3 is 0 Å². The lowest BCUT2D eigenvalue weighted by atomic mass is 10.1. The Kier molecular flexibility index (Phi) is 6.60. The second kappa shape index (κ2) is 8.89. The Morgan fingerprint density at radius 2 is 1.88 bits per heavy atom. The second-order valence-corrected chi connectivity index (χ2v) is 5.82. The highest BCUT2D eigenvalue weighted by Gasteiger charge is 2.10. The van der Waals surface area contributed by atoms with Crippen LogP contribution in [0.15, 0.2) is 54.6 Å². The van der Waals surface area contributed by atoms with Crippen molar-refractivity contribution in [3.05, 3.63) is 70.8 Å². The Labute approximate surface area is 151 Å². The van der Waals surface area contributed by atoms with Crippen molar-refractivity contribution in [1.82, 2.24) is 5.32 Å². The fourth-order valence-corrected chi connectivity index (χ4v) is 2.47. The second-order valence-electron chi connectivity index (χ2n) is 5.41. The van der Waals surface area contributed by atoms with Gasteiger partial charge in [0.25, 0.3) is 5.91 Å². The zero-order chi connectivity index (χ0) is 18.2. The Balaban J connectivity index is 1.91. The third kappa shape index (κ3) is 5.97. The van der Waals surface area contributed by atoms with Crippen LogP contribution in [-0.2, 0) is 9.59 Å². The molecule has 0 aromatic heterocycles. The van der Waals surface area contributed by atoms with E-state index in [0.29, 0.717) is 10.8 Å². The summed E-state index contributed by atoms with van der Waals surface area (Å²) in [6.45, 7) is 1.70. The molecule has 1 unspecified atom stereocenters. The molecule has 0 aliphatic carbocycles. The van der Waals surface area contributed by atoms with Gasteiger partial charge < -0.3 is 15.8 Å². The number of ether oxygens (including phenoxy) is 1. The molecule has 130 valence electrons. The Bertz CT molecular complexity index is 772. The number of benzene rings is 2. The standard InChI is InChI=1S/C19H19ClN2O3/c1-13(16-4-2-3-5-17(16)20)22-19(24)11-8-14-6-9-15(10-7-14)25-12-18(21)23/h2-11,13H,12H2,1H3,(H2,21,23)(H,22,24)/b11-8+.